The summed E-state index contributed by atoms with van der Waals surface area (Å²) in [5.74, 6) is -2.21. The molecule has 1 aromatic carbocycles. The zero-order valence-corrected chi connectivity index (χ0v) is 12.4. The predicted molar refractivity (Wildman–Crippen MR) is 80.9 cm³/mol. The van der Waals surface area contributed by atoms with Gasteiger partial charge in [-0.1, -0.05) is 6.07 Å². The molecule has 0 atom stereocenters. The molecule has 1 aromatic rings. The second-order valence-electron chi connectivity index (χ2n) is 4.98. The van der Waals surface area contributed by atoms with Crippen LogP contribution in [0.3, 0.4) is 0 Å². The fourth-order valence-electron chi connectivity index (χ4n) is 1.92. The summed E-state index contributed by atoms with van der Waals surface area (Å²) >= 11 is 1.72. The van der Waals surface area contributed by atoms with E-state index in [0.29, 0.717) is 12.1 Å². The molecule has 0 spiro atoms. The van der Waals surface area contributed by atoms with E-state index in [1.165, 1.54) is 18.2 Å². The van der Waals surface area contributed by atoms with E-state index < -0.39 is 17.7 Å². The van der Waals surface area contributed by atoms with Crippen molar-refractivity contribution in [1.29, 1.82) is 0 Å². The topological polar surface area (TPSA) is 66.4 Å². The molecule has 1 saturated carbocycles. The maximum Gasteiger partial charge on any atom is 0.328 e. The van der Waals surface area contributed by atoms with Gasteiger partial charge in [0.2, 0.25) is 0 Å². The highest BCUT2D eigenvalue weighted by atomic mass is 32.2. The Bertz CT molecular complexity index is 597. The summed E-state index contributed by atoms with van der Waals surface area (Å²) in [6.45, 7) is 0.535. The minimum Gasteiger partial charge on any atom is -0.478 e. The summed E-state index contributed by atoms with van der Waals surface area (Å²) in [5, 5.41) is 11.3. The third kappa shape index (κ3) is 4.07. The Morgan fingerprint density at radius 1 is 1.48 bits per heavy atom. The molecule has 1 aliphatic rings. The van der Waals surface area contributed by atoms with Crippen molar-refractivity contribution in [3.05, 3.63) is 41.2 Å². The number of carboxylic acids is 1. The van der Waals surface area contributed by atoms with Gasteiger partial charge in [-0.3, -0.25) is 4.79 Å². The van der Waals surface area contributed by atoms with Gasteiger partial charge in [0.25, 0.3) is 5.91 Å². The number of nitrogens with one attached hydrogen (secondary N) is 1. The van der Waals surface area contributed by atoms with Crippen LogP contribution in [0.25, 0.3) is 6.08 Å². The van der Waals surface area contributed by atoms with Crippen molar-refractivity contribution in [2.45, 2.75) is 17.6 Å². The Kier molecular flexibility index (Phi) is 4.67. The number of rotatable bonds is 6. The second-order valence-corrected chi connectivity index (χ2v) is 6.25. The van der Waals surface area contributed by atoms with Crippen LogP contribution in [0.1, 0.15) is 28.8 Å². The Labute approximate surface area is 126 Å². The number of thioether (sulfide) groups is 1. The zero-order chi connectivity index (χ0) is 15.5. The summed E-state index contributed by atoms with van der Waals surface area (Å²) in [6, 6.07) is 4.03. The van der Waals surface area contributed by atoms with Gasteiger partial charge in [-0.15, -0.1) is 0 Å². The van der Waals surface area contributed by atoms with Gasteiger partial charge in [0.05, 0.1) is 5.56 Å². The van der Waals surface area contributed by atoms with Crippen molar-refractivity contribution in [1.82, 2.24) is 5.32 Å². The number of hydrogen-bond donors (Lipinski definition) is 2. The van der Waals surface area contributed by atoms with Crippen LogP contribution < -0.4 is 5.32 Å². The van der Waals surface area contributed by atoms with E-state index in [4.69, 9.17) is 5.11 Å². The smallest absolute Gasteiger partial charge is 0.328 e. The maximum atomic E-state index is 13.9. The third-order valence-electron chi connectivity index (χ3n) is 3.47. The third-order valence-corrected chi connectivity index (χ3v) is 4.89. The highest BCUT2D eigenvalue weighted by molar-refractivity contribution is 8.00. The Hall–Kier alpha value is -1.82. The molecular weight excluding hydrogens is 293 g/mol. The number of halogens is 1. The lowest BCUT2D eigenvalue weighted by molar-refractivity contribution is -0.131. The van der Waals surface area contributed by atoms with E-state index in [2.05, 4.69) is 5.32 Å². The molecule has 0 heterocycles. The number of carboxylic acid groups (broad SMARTS) is 1. The number of carbonyl (C=O) groups is 2. The van der Waals surface area contributed by atoms with Crippen LogP contribution in [0.5, 0.6) is 0 Å². The molecule has 1 fully saturated rings. The Morgan fingerprint density at radius 3 is 2.71 bits per heavy atom. The van der Waals surface area contributed by atoms with Crippen LogP contribution in [0.4, 0.5) is 4.39 Å². The average molecular weight is 309 g/mol. The van der Waals surface area contributed by atoms with E-state index >= 15 is 0 Å². The number of carbonyl (C=O) groups excluding carboxylic acids is 1. The van der Waals surface area contributed by atoms with E-state index in [1.807, 2.05) is 6.26 Å². The van der Waals surface area contributed by atoms with Crippen molar-refractivity contribution in [2.75, 3.05) is 12.8 Å². The molecule has 0 aliphatic heterocycles. The van der Waals surface area contributed by atoms with Crippen molar-refractivity contribution >= 4 is 29.7 Å². The van der Waals surface area contributed by atoms with Gasteiger partial charge in [0.1, 0.15) is 5.82 Å². The van der Waals surface area contributed by atoms with E-state index in [0.717, 1.165) is 25.0 Å². The molecular formula is C15H16FNO3S. The van der Waals surface area contributed by atoms with E-state index in [1.54, 1.807) is 11.8 Å². The van der Waals surface area contributed by atoms with Crippen LogP contribution in [0.2, 0.25) is 0 Å². The molecule has 6 heteroatoms. The molecule has 2 N–H and O–H groups in total. The van der Waals surface area contributed by atoms with Crippen molar-refractivity contribution < 1.29 is 19.1 Å². The standard InChI is InChI=1S/C15H16FNO3S/c1-21-15(6-7-15)9-17-14(20)11-4-2-10(8-12(11)16)3-5-13(18)19/h2-5,8H,6-7,9H2,1H3,(H,17,20)(H,18,19)/b5-3+. The minimum absolute atomic E-state index is 0.0284. The largest absolute Gasteiger partial charge is 0.478 e. The zero-order valence-electron chi connectivity index (χ0n) is 11.6. The van der Waals surface area contributed by atoms with Gasteiger partial charge < -0.3 is 10.4 Å². The van der Waals surface area contributed by atoms with Crippen molar-refractivity contribution in [2.24, 2.45) is 0 Å². The molecule has 0 aromatic heterocycles. The maximum absolute atomic E-state index is 13.9. The fourth-order valence-corrected chi connectivity index (χ4v) is 2.64. The highest BCUT2D eigenvalue weighted by Gasteiger charge is 2.42. The highest BCUT2D eigenvalue weighted by Crippen LogP contribution is 2.46. The number of amides is 1. The Balaban J connectivity index is 2.02. The molecule has 0 bridgehead atoms. The summed E-state index contributed by atoms with van der Waals surface area (Å²) in [5.41, 5.74) is 0.369. The summed E-state index contributed by atoms with van der Waals surface area (Å²) in [4.78, 5) is 22.4. The van der Waals surface area contributed by atoms with Gasteiger partial charge in [-0.25, -0.2) is 9.18 Å². The fraction of sp³-hybridized carbons (Fsp3) is 0.333. The van der Waals surface area contributed by atoms with Crippen LogP contribution in [-0.2, 0) is 4.79 Å². The van der Waals surface area contributed by atoms with E-state index in [9.17, 15) is 14.0 Å². The lowest BCUT2D eigenvalue weighted by atomic mass is 10.1. The first-order chi connectivity index (χ1) is 9.96. The van der Waals surface area contributed by atoms with Gasteiger partial charge in [0.15, 0.2) is 0 Å². The summed E-state index contributed by atoms with van der Waals surface area (Å²) < 4.78 is 14.0. The molecule has 0 radical (unpaired) electrons. The summed E-state index contributed by atoms with van der Waals surface area (Å²) in [6.07, 6.45) is 6.33. The van der Waals surface area contributed by atoms with Crippen LogP contribution in [0, 0.1) is 5.82 Å². The first kappa shape index (κ1) is 15.6. The van der Waals surface area contributed by atoms with Gasteiger partial charge >= 0.3 is 5.97 Å². The van der Waals surface area contributed by atoms with Crippen LogP contribution >= 0.6 is 11.8 Å². The molecule has 1 aliphatic carbocycles. The van der Waals surface area contributed by atoms with Crippen LogP contribution in [-0.4, -0.2) is 34.5 Å². The number of benzene rings is 1. The molecule has 4 nitrogen and oxygen atoms in total. The lowest BCUT2D eigenvalue weighted by Crippen LogP contribution is -2.32. The molecule has 112 valence electrons. The lowest BCUT2D eigenvalue weighted by Gasteiger charge is -2.13. The molecule has 21 heavy (non-hydrogen) atoms. The quantitative estimate of drug-likeness (QED) is 0.793. The molecule has 0 unspecified atom stereocenters. The second kappa shape index (κ2) is 6.30. The first-order valence-electron chi connectivity index (χ1n) is 6.50. The Morgan fingerprint density at radius 2 is 2.19 bits per heavy atom. The first-order valence-corrected chi connectivity index (χ1v) is 7.72. The summed E-state index contributed by atoms with van der Waals surface area (Å²) in [7, 11) is 0. The molecule has 1 amide bonds. The number of hydrogen-bond acceptors (Lipinski definition) is 3. The van der Waals surface area contributed by atoms with Crippen molar-refractivity contribution in [3.8, 4) is 0 Å². The normalized spacial score (nSPS) is 15.9. The minimum atomic E-state index is -1.11. The SMILES string of the molecule is CSC1(CNC(=O)c2ccc(/C=C/C(=O)O)cc2F)CC1. The molecule has 0 saturated heterocycles. The van der Waals surface area contributed by atoms with E-state index in [-0.39, 0.29) is 10.3 Å². The van der Waals surface area contributed by atoms with Crippen LogP contribution in [0.15, 0.2) is 24.3 Å². The van der Waals surface area contributed by atoms with Gasteiger partial charge in [0, 0.05) is 17.4 Å². The van der Waals surface area contributed by atoms with Crippen molar-refractivity contribution in [3.63, 3.8) is 0 Å². The average Bonchev–Trinajstić information content (AvgIpc) is 3.23. The number of aliphatic carboxylic acids is 1. The van der Waals surface area contributed by atoms with Gasteiger partial charge in [-0.05, 0) is 42.9 Å². The van der Waals surface area contributed by atoms with Gasteiger partial charge in [-0.2, -0.15) is 11.8 Å². The predicted octanol–water partition coefficient (Wildman–Crippen LogP) is 2.55. The molecule has 2 rings (SSSR count). The monoisotopic (exact) mass is 309 g/mol.